The smallest absolute Gasteiger partial charge is 0.255 e. The van der Waals surface area contributed by atoms with Gasteiger partial charge in [0.15, 0.2) is 0 Å². The zero-order valence-corrected chi connectivity index (χ0v) is 22.3. The minimum atomic E-state index is -0.695. The molecular weight excluding hydrogens is 490 g/mol. The van der Waals surface area contributed by atoms with Gasteiger partial charge in [-0.1, -0.05) is 29.8 Å². The quantitative estimate of drug-likeness (QED) is 0.340. The molecule has 1 aromatic carbocycles. The second-order valence-corrected chi connectivity index (χ2v) is 10.6. The lowest BCUT2D eigenvalue weighted by molar-refractivity contribution is -0.126. The number of aliphatic hydroxyl groups is 2. The van der Waals surface area contributed by atoms with E-state index in [1.54, 1.807) is 18.0 Å². The standard InChI is InChI=1S/C27H33N5O4S/c1-15-6-5-7-19(10-15)21(14-34)30-25(35)18(4)32-9-8-22-20(26(32)36)11-23(37-22)24-16(2)12-28-27(31-24)29-17(3)13-33/h5-7,10-12,17-18,21,33-34H,8-9,13-14H2,1-4H3,(H,30,35)(H,28,29,31)/t17-,18+,21+/m0/s1. The number of thiophene rings is 1. The van der Waals surface area contributed by atoms with E-state index in [0.29, 0.717) is 24.5 Å². The van der Waals surface area contributed by atoms with Crippen LogP contribution in [0.1, 0.15) is 51.8 Å². The van der Waals surface area contributed by atoms with Crippen molar-refractivity contribution in [1.29, 1.82) is 0 Å². The molecule has 196 valence electrons. The summed E-state index contributed by atoms with van der Waals surface area (Å²) in [6, 6.07) is 8.05. The fraction of sp³-hybridized carbons (Fsp3) is 0.407. The van der Waals surface area contributed by atoms with Crippen molar-refractivity contribution in [2.75, 3.05) is 25.1 Å². The number of benzene rings is 1. The summed E-state index contributed by atoms with van der Waals surface area (Å²) < 4.78 is 0. The number of fused-ring (bicyclic) bond motifs is 1. The molecule has 3 aromatic rings. The van der Waals surface area contributed by atoms with Gasteiger partial charge in [-0.3, -0.25) is 9.59 Å². The van der Waals surface area contributed by atoms with Crippen LogP contribution < -0.4 is 10.6 Å². The van der Waals surface area contributed by atoms with Gasteiger partial charge in [-0.05, 0) is 44.9 Å². The zero-order valence-electron chi connectivity index (χ0n) is 21.5. The number of nitrogens with one attached hydrogen (secondary N) is 2. The topological polar surface area (TPSA) is 128 Å². The highest BCUT2D eigenvalue weighted by Crippen LogP contribution is 2.36. The van der Waals surface area contributed by atoms with Crippen molar-refractivity contribution >= 4 is 29.1 Å². The molecule has 0 saturated carbocycles. The Morgan fingerprint density at radius 1 is 1.19 bits per heavy atom. The number of carbonyl (C=O) groups is 2. The molecule has 0 spiro atoms. The van der Waals surface area contributed by atoms with E-state index < -0.39 is 12.1 Å². The number of carbonyl (C=O) groups excluding carboxylic acids is 2. The second-order valence-electron chi connectivity index (χ2n) is 9.48. The number of anilines is 1. The van der Waals surface area contributed by atoms with Gasteiger partial charge in [0.2, 0.25) is 11.9 Å². The van der Waals surface area contributed by atoms with Crippen molar-refractivity contribution in [2.45, 2.75) is 52.2 Å². The fourth-order valence-corrected chi connectivity index (χ4v) is 5.54. The van der Waals surface area contributed by atoms with Crippen LogP contribution in [0.5, 0.6) is 0 Å². The Hall–Kier alpha value is -3.34. The van der Waals surface area contributed by atoms with Gasteiger partial charge in [-0.15, -0.1) is 11.3 Å². The molecule has 10 heteroatoms. The molecule has 4 rings (SSSR count). The Bertz CT molecular complexity index is 1290. The van der Waals surface area contributed by atoms with Crippen LogP contribution in [-0.4, -0.2) is 68.7 Å². The zero-order chi connectivity index (χ0) is 26.7. The third kappa shape index (κ3) is 5.82. The lowest BCUT2D eigenvalue weighted by Gasteiger charge is -2.32. The molecule has 3 atom stereocenters. The first-order valence-electron chi connectivity index (χ1n) is 12.3. The average molecular weight is 524 g/mol. The number of aryl methyl sites for hydroxylation is 2. The fourth-order valence-electron chi connectivity index (χ4n) is 4.34. The summed E-state index contributed by atoms with van der Waals surface area (Å²) in [5.74, 6) is -0.0894. The van der Waals surface area contributed by atoms with Crippen molar-refractivity contribution in [2.24, 2.45) is 0 Å². The van der Waals surface area contributed by atoms with E-state index in [1.165, 1.54) is 11.3 Å². The summed E-state index contributed by atoms with van der Waals surface area (Å²) >= 11 is 1.53. The maximum absolute atomic E-state index is 13.4. The molecule has 37 heavy (non-hydrogen) atoms. The van der Waals surface area contributed by atoms with Gasteiger partial charge in [0.25, 0.3) is 5.91 Å². The molecule has 0 radical (unpaired) electrons. The molecule has 1 aliphatic heterocycles. The van der Waals surface area contributed by atoms with Gasteiger partial charge < -0.3 is 25.7 Å². The predicted molar refractivity (Wildman–Crippen MR) is 144 cm³/mol. The molecule has 0 aliphatic carbocycles. The highest BCUT2D eigenvalue weighted by molar-refractivity contribution is 7.15. The van der Waals surface area contributed by atoms with E-state index >= 15 is 0 Å². The molecule has 1 aliphatic rings. The van der Waals surface area contributed by atoms with Crippen LogP contribution in [0.25, 0.3) is 10.6 Å². The van der Waals surface area contributed by atoms with Gasteiger partial charge in [-0.25, -0.2) is 9.97 Å². The van der Waals surface area contributed by atoms with E-state index in [-0.39, 0.29) is 31.1 Å². The summed E-state index contributed by atoms with van der Waals surface area (Å²) in [5, 5.41) is 25.2. The second kappa shape index (κ2) is 11.4. The van der Waals surface area contributed by atoms with Crippen LogP contribution in [0.2, 0.25) is 0 Å². The molecule has 2 aromatic heterocycles. The Morgan fingerprint density at radius 2 is 1.97 bits per heavy atom. The van der Waals surface area contributed by atoms with Gasteiger partial charge >= 0.3 is 0 Å². The Morgan fingerprint density at radius 3 is 2.68 bits per heavy atom. The molecule has 0 fully saturated rings. The molecule has 0 bridgehead atoms. The largest absolute Gasteiger partial charge is 0.394 e. The van der Waals surface area contributed by atoms with E-state index in [2.05, 4.69) is 20.6 Å². The molecule has 0 unspecified atom stereocenters. The molecule has 4 N–H and O–H groups in total. The number of aromatic nitrogens is 2. The third-order valence-corrected chi connectivity index (χ3v) is 7.73. The number of hydrogen-bond donors (Lipinski definition) is 4. The van der Waals surface area contributed by atoms with Crippen molar-refractivity contribution in [3.05, 3.63) is 63.7 Å². The van der Waals surface area contributed by atoms with Crippen LogP contribution in [-0.2, 0) is 11.2 Å². The SMILES string of the molecule is Cc1cccc([C@@H](CO)NC(=O)[C@@H](C)N2CCc3sc(-c4nc(N[C@@H](C)CO)ncc4C)cc3C2=O)c1. The lowest BCUT2D eigenvalue weighted by atomic mass is 10.0. The number of aliphatic hydroxyl groups excluding tert-OH is 2. The molecule has 2 amide bonds. The van der Waals surface area contributed by atoms with Crippen LogP contribution in [0.15, 0.2) is 36.5 Å². The molecule has 0 saturated heterocycles. The number of amides is 2. The minimum Gasteiger partial charge on any atom is -0.394 e. The third-order valence-electron chi connectivity index (χ3n) is 6.53. The van der Waals surface area contributed by atoms with E-state index in [9.17, 15) is 19.8 Å². The summed E-state index contributed by atoms with van der Waals surface area (Å²) in [5.41, 5.74) is 4.05. The maximum Gasteiger partial charge on any atom is 0.255 e. The Kier molecular flexibility index (Phi) is 8.21. The lowest BCUT2D eigenvalue weighted by Crippen LogP contribution is -2.51. The Balaban J connectivity index is 1.51. The first kappa shape index (κ1) is 26.7. The van der Waals surface area contributed by atoms with E-state index in [4.69, 9.17) is 0 Å². The van der Waals surface area contributed by atoms with Gasteiger partial charge in [0.1, 0.15) is 6.04 Å². The highest BCUT2D eigenvalue weighted by atomic mass is 32.1. The molecule has 9 nitrogen and oxygen atoms in total. The maximum atomic E-state index is 13.4. The van der Waals surface area contributed by atoms with Gasteiger partial charge in [-0.2, -0.15) is 0 Å². The Labute approximate surface area is 220 Å². The normalized spacial score (nSPS) is 15.6. The number of rotatable bonds is 9. The molecule has 3 heterocycles. The van der Waals surface area contributed by atoms with E-state index in [0.717, 1.165) is 32.1 Å². The van der Waals surface area contributed by atoms with Gasteiger partial charge in [0.05, 0.1) is 35.4 Å². The van der Waals surface area contributed by atoms with Crippen molar-refractivity contribution in [3.63, 3.8) is 0 Å². The van der Waals surface area contributed by atoms with E-state index in [1.807, 2.05) is 51.1 Å². The monoisotopic (exact) mass is 523 g/mol. The average Bonchev–Trinajstić information content (AvgIpc) is 3.33. The summed E-state index contributed by atoms with van der Waals surface area (Å²) in [6.07, 6.45) is 2.36. The van der Waals surface area contributed by atoms with Crippen LogP contribution in [0.3, 0.4) is 0 Å². The van der Waals surface area contributed by atoms with Crippen LogP contribution >= 0.6 is 11.3 Å². The van der Waals surface area contributed by atoms with Crippen molar-refractivity contribution < 1.29 is 19.8 Å². The highest BCUT2D eigenvalue weighted by Gasteiger charge is 2.34. The predicted octanol–water partition coefficient (Wildman–Crippen LogP) is 2.85. The first-order chi connectivity index (χ1) is 17.7. The van der Waals surface area contributed by atoms with Crippen molar-refractivity contribution in [3.8, 4) is 10.6 Å². The van der Waals surface area contributed by atoms with Gasteiger partial charge in [0, 0.05) is 30.1 Å². The number of nitrogens with zero attached hydrogens (tertiary/aromatic N) is 3. The summed E-state index contributed by atoms with van der Waals surface area (Å²) in [6.45, 7) is 7.57. The van der Waals surface area contributed by atoms with Crippen LogP contribution in [0, 0.1) is 13.8 Å². The minimum absolute atomic E-state index is 0.0417. The summed E-state index contributed by atoms with van der Waals surface area (Å²) in [4.78, 5) is 38.9. The molecular formula is C27H33N5O4S. The number of hydrogen-bond acceptors (Lipinski definition) is 8. The first-order valence-corrected chi connectivity index (χ1v) is 13.2. The van der Waals surface area contributed by atoms with Crippen molar-refractivity contribution in [1.82, 2.24) is 20.2 Å². The van der Waals surface area contributed by atoms with Crippen LogP contribution in [0.4, 0.5) is 5.95 Å². The summed E-state index contributed by atoms with van der Waals surface area (Å²) in [7, 11) is 0.